The topological polar surface area (TPSA) is 51.7 Å². The molecule has 0 N–H and O–H groups in total. The van der Waals surface area contributed by atoms with Gasteiger partial charge in [0.1, 0.15) is 11.3 Å². The lowest BCUT2D eigenvalue weighted by Crippen LogP contribution is -2.40. The summed E-state index contributed by atoms with van der Waals surface area (Å²) < 4.78 is 12.4. The van der Waals surface area contributed by atoms with Crippen LogP contribution in [0.3, 0.4) is 0 Å². The first-order valence-electron chi connectivity index (χ1n) is 9.26. The minimum Gasteiger partial charge on any atom is -0.484 e. The maximum Gasteiger partial charge on any atom is 0.266 e. The average Bonchev–Trinajstić information content (AvgIpc) is 3.34. The van der Waals surface area contributed by atoms with Crippen LogP contribution in [0.15, 0.2) is 42.5 Å². The molecule has 0 bridgehead atoms. The summed E-state index contributed by atoms with van der Waals surface area (Å²) in [5.74, 6) is 0.532. The van der Waals surface area contributed by atoms with Crippen molar-refractivity contribution in [3.05, 3.63) is 53.1 Å². The summed E-state index contributed by atoms with van der Waals surface area (Å²) in [5, 5.41) is 1.21. The van der Waals surface area contributed by atoms with Crippen LogP contribution < -0.4 is 9.64 Å². The summed E-state index contributed by atoms with van der Waals surface area (Å²) in [5.41, 5.74) is 1.80. The van der Waals surface area contributed by atoms with Crippen LogP contribution in [-0.2, 0) is 9.53 Å². The first kappa shape index (κ1) is 19.2. The van der Waals surface area contributed by atoms with Crippen LogP contribution in [0.25, 0.3) is 10.2 Å². The molecule has 1 unspecified atom stereocenters. The molecule has 1 fully saturated rings. The van der Waals surface area contributed by atoms with Crippen molar-refractivity contribution in [3.8, 4) is 5.75 Å². The maximum atomic E-state index is 13.0. The van der Waals surface area contributed by atoms with E-state index in [1.54, 1.807) is 11.0 Å². The van der Waals surface area contributed by atoms with E-state index >= 15 is 0 Å². The van der Waals surface area contributed by atoms with Crippen molar-refractivity contribution in [2.45, 2.75) is 25.9 Å². The van der Waals surface area contributed by atoms with Crippen LogP contribution >= 0.6 is 22.9 Å². The fourth-order valence-electron chi connectivity index (χ4n) is 3.23. The smallest absolute Gasteiger partial charge is 0.266 e. The number of nitrogens with zero attached hydrogens (tertiary/aromatic N) is 2. The largest absolute Gasteiger partial charge is 0.484 e. The highest BCUT2D eigenvalue weighted by Crippen LogP contribution is 2.33. The summed E-state index contributed by atoms with van der Waals surface area (Å²) in [6.07, 6.45) is 1.97. The van der Waals surface area contributed by atoms with Gasteiger partial charge in [0.05, 0.1) is 22.4 Å². The summed E-state index contributed by atoms with van der Waals surface area (Å²) in [4.78, 5) is 19.3. The Balaban J connectivity index is 1.56. The highest BCUT2D eigenvalue weighted by molar-refractivity contribution is 7.22. The predicted octanol–water partition coefficient (Wildman–Crippen LogP) is 4.85. The number of benzene rings is 2. The molecule has 1 saturated heterocycles. The molecule has 1 amide bonds. The summed E-state index contributed by atoms with van der Waals surface area (Å²) >= 11 is 7.73. The van der Waals surface area contributed by atoms with Crippen molar-refractivity contribution in [2.24, 2.45) is 0 Å². The van der Waals surface area contributed by atoms with E-state index in [0.29, 0.717) is 28.0 Å². The summed E-state index contributed by atoms with van der Waals surface area (Å²) in [6.45, 7) is 3.13. The zero-order valence-corrected chi connectivity index (χ0v) is 17.1. The van der Waals surface area contributed by atoms with Gasteiger partial charge in [-0.05, 0) is 49.6 Å². The third-order valence-electron chi connectivity index (χ3n) is 4.65. The van der Waals surface area contributed by atoms with E-state index in [2.05, 4.69) is 4.98 Å². The standard InChI is InChI=1S/C21H21ClN2O3S/c1-14-5-2-6-15(11-14)27-13-19(25)24(12-16-7-4-10-26-16)21-23-20-17(22)8-3-9-18(20)28-21/h2-3,5-6,8-9,11,16H,4,7,10,12-13H2,1H3. The molecule has 5 nitrogen and oxygen atoms in total. The molecular formula is C21H21ClN2O3S. The van der Waals surface area contributed by atoms with Crippen LogP contribution in [0.4, 0.5) is 5.13 Å². The third-order valence-corrected chi connectivity index (χ3v) is 6.00. The van der Waals surface area contributed by atoms with Crippen molar-refractivity contribution in [3.63, 3.8) is 0 Å². The Hall–Kier alpha value is -2.15. The van der Waals surface area contributed by atoms with E-state index in [1.165, 1.54) is 11.3 Å². The molecule has 1 aromatic heterocycles. The average molecular weight is 417 g/mol. The second-order valence-corrected chi connectivity index (χ2v) is 8.24. The van der Waals surface area contributed by atoms with Crippen LogP contribution in [0.2, 0.25) is 5.02 Å². The van der Waals surface area contributed by atoms with Gasteiger partial charge in [-0.1, -0.05) is 41.1 Å². The third kappa shape index (κ3) is 4.29. The number of hydrogen-bond acceptors (Lipinski definition) is 5. The SMILES string of the molecule is Cc1cccc(OCC(=O)N(CC2CCCO2)c2nc3c(Cl)cccc3s2)c1. The zero-order valence-electron chi connectivity index (χ0n) is 15.6. The highest BCUT2D eigenvalue weighted by Gasteiger charge is 2.26. The molecule has 0 radical (unpaired) electrons. The van der Waals surface area contributed by atoms with Crippen molar-refractivity contribution >= 4 is 44.2 Å². The van der Waals surface area contributed by atoms with Gasteiger partial charge in [0.15, 0.2) is 11.7 Å². The second kappa shape index (κ2) is 8.47. The molecule has 1 aliphatic heterocycles. The van der Waals surface area contributed by atoms with E-state index in [1.807, 2.05) is 43.3 Å². The van der Waals surface area contributed by atoms with Gasteiger partial charge in [-0.2, -0.15) is 0 Å². The van der Waals surface area contributed by atoms with E-state index in [9.17, 15) is 4.79 Å². The first-order chi connectivity index (χ1) is 13.6. The number of hydrogen-bond donors (Lipinski definition) is 0. The summed E-state index contributed by atoms with van der Waals surface area (Å²) in [6, 6.07) is 13.3. The minimum atomic E-state index is -0.146. The van der Waals surface area contributed by atoms with Gasteiger partial charge in [-0.15, -0.1) is 0 Å². The zero-order chi connectivity index (χ0) is 19.5. The molecule has 1 atom stereocenters. The van der Waals surface area contributed by atoms with E-state index in [-0.39, 0.29) is 18.6 Å². The molecule has 4 rings (SSSR count). The van der Waals surface area contributed by atoms with Gasteiger partial charge < -0.3 is 9.47 Å². The molecule has 0 spiro atoms. The Bertz CT molecular complexity index is 985. The molecule has 2 aromatic carbocycles. The highest BCUT2D eigenvalue weighted by atomic mass is 35.5. The van der Waals surface area contributed by atoms with Crippen molar-refractivity contribution in [1.29, 1.82) is 0 Å². The lowest BCUT2D eigenvalue weighted by atomic mass is 10.2. The lowest BCUT2D eigenvalue weighted by molar-refractivity contribution is -0.120. The van der Waals surface area contributed by atoms with Gasteiger partial charge in [0, 0.05) is 6.61 Å². The number of para-hydroxylation sites is 1. The second-order valence-electron chi connectivity index (χ2n) is 6.83. The van der Waals surface area contributed by atoms with Crippen molar-refractivity contribution < 1.29 is 14.3 Å². The van der Waals surface area contributed by atoms with Crippen molar-refractivity contribution in [2.75, 3.05) is 24.7 Å². The summed E-state index contributed by atoms with van der Waals surface area (Å²) in [7, 11) is 0. The Labute approximate surface area is 172 Å². The van der Waals surface area contributed by atoms with Gasteiger partial charge >= 0.3 is 0 Å². The molecule has 0 aliphatic carbocycles. The number of ether oxygens (including phenoxy) is 2. The number of fused-ring (bicyclic) bond motifs is 1. The quantitative estimate of drug-likeness (QED) is 0.576. The number of carbonyl (C=O) groups is 1. The Kier molecular flexibility index (Phi) is 5.80. The number of halogens is 1. The van der Waals surface area contributed by atoms with Crippen molar-refractivity contribution in [1.82, 2.24) is 4.98 Å². The van der Waals surface area contributed by atoms with Crippen LogP contribution in [0.5, 0.6) is 5.75 Å². The molecule has 0 saturated carbocycles. The normalized spacial score (nSPS) is 16.4. The molecule has 28 heavy (non-hydrogen) atoms. The first-order valence-corrected chi connectivity index (χ1v) is 10.5. The van der Waals surface area contributed by atoms with Crippen LogP contribution in [0.1, 0.15) is 18.4 Å². The number of carbonyl (C=O) groups excluding carboxylic acids is 1. The number of aryl methyl sites for hydroxylation is 1. The number of rotatable bonds is 6. The van der Waals surface area contributed by atoms with E-state index < -0.39 is 0 Å². The fraction of sp³-hybridized carbons (Fsp3) is 0.333. The number of amides is 1. The number of anilines is 1. The van der Waals surface area contributed by atoms with Gasteiger partial charge in [0.25, 0.3) is 5.91 Å². The maximum absolute atomic E-state index is 13.0. The van der Waals surface area contributed by atoms with Gasteiger partial charge in [-0.25, -0.2) is 4.98 Å². The monoisotopic (exact) mass is 416 g/mol. The Morgan fingerprint density at radius 3 is 2.96 bits per heavy atom. The van der Waals surface area contributed by atoms with Crippen LogP contribution in [0, 0.1) is 6.92 Å². The minimum absolute atomic E-state index is 0.0189. The van der Waals surface area contributed by atoms with Gasteiger partial charge in [-0.3, -0.25) is 9.69 Å². The molecule has 7 heteroatoms. The van der Waals surface area contributed by atoms with E-state index in [4.69, 9.17) is 21.1 Å². The Morgan fingerprint density at radius 1 is 1.36 bits per heavy atom. The van der Waals surface area contributed by atoms with Crippen LogP contribution in [-0.4, -0.2) is 36.8 Å². The molecule has 146 valence electrons. The lowest BCUT2D eigenvalue weighted by Gasteiger charge is -2.23. The number of aromatic nitrogens is 1. The Morgan fingerprint density at radius 2 is 2.21 bits per heavy atom. The molecule has 2 heterocycles. The molecule has 3 aromatic rings. The van der Waals surface area contributed by atoms with E-state index in [0.717, 1.165) is 29.7 Å². The van der Waals surface area contributed by atoms with Gasteiger partial charge in [0.2, 0.25) is 0 Å². The molecular weight excluding hydrogens is 396 g/mol. The predicted molar refractivity (Wildman–Crippen MR) is 113 cm³/mol. The fourth-order valence-corrected chi connectivity index (χ4v) is 4.52. The number of thiazole rings is 1. The molecule has 1 aliphatic rings.